The van der Waals surface area contributed by atoms with Crippen molar-refractivity contribution in [2.75, 3.05) is 5.43 Å². The SMILES string of the molecule is CCCCC(Cl)(CCCC)C(=O)NNc1ccccc1. The van der Waals surface area contributed by atoms with Crippen LogP contribution in [0.25, 0.3) is 0 Å². The van der Waals surface area contributed by atoms with Crippen molar-refractivity contribution in [3.05, 3.63) is 30.3 Å². The summed E-state index contributed by atoms with van der Waals surface area (Å²) >= 11 is 6.56. The van der Waals surface area contributed by atoms with E-state index in [0.29, 0.717) is 12.8 Å². The van der Waals surface area contributed by atoms with Gasteiger partial charge in [-0.25, -0.2) is 0 Å². The van der Waals surface area contributed by atoms with Crippen molar-refractivity contribution in [1.29, 1.82) is 0 Å². The highest BCUT2D eigenvalue weighted by Crippen LogP contribution is 2.29. The van der Waals surface area contributed by atoms with Gasteiger partial charge in [-0.3, -0.25) is 15.6 Å². The van der Waals surface area contributed by atoms with Crippen LogP contribution in [-0.4, -0.2) is 10.8 Å². The molecule has 0 heterocycles. The van der Waals surface area contributed by atoms with Crippen molar-refractivity contribution in [3.63, 3.8) is 0 Å². The van der Waals surface area contributed by atoms with Gasteiger partial charge >= 0.3 is 0 Å². The highest BCUT2D eigenvalue weighted by molar-refractivity contribution is 6.34. The van der Waals surface area contributed by atoms with Gasteiger partial charge in [0.2, 0.25) is 0 Å². The van der Waals surface area contributed by atoms with E-state index in [0.717, 1.165) is 31.4 Å². The summed E-state index contributed by atoms with van der Waals surface area (Å²) in [6.07, 6.45) is 5.44. The number of hydrazine groups is 1. The molecule has 0 atom stereocenters. The van der Waals surface area contributed by atoms with Gasteiger partial charge in [-0.1, -0.05) is 57.7 Å². The number of para-hydroxylation sites is 1. The molecule has 0 radical (unpaired) electrons. The molecule has 1 amide bonds. The largest absolute Gasteiger partial charge is 0.299 e. The van der Waals surface area contributed by atoms with Crippen LogP contribution in [0.2, 0.25) is 0 Å². The topological polar surface area (TPSA) is 41.1 Å². The summed E-state index contributed by atoms with van der Waals surface area (Å²) in [5.74, 6) is -0.134. The molecule has 2 N–H and O–H groups in total. The number of amides is 1. The molecule has 0 saturated heterocycles. The summed E-state index contributed by atoms with van der Waals surface area (Å²) < 4.78 is 0. The van der Waals surface area contributed by atoms with Crippen LogP contribution in [0.1, 0.15) is 52.4 Å². The van der Waals surface area contributed by atoms with Gasteiger partial charge in [0.25, 0.3) is 5.91 Å². The number of rotatable bonds is 9. The number of carbonyl (C=O) groups excluding carboxylic acids is 1. The average Bonchev–Trinajstić information content (AvgIpc) is 2.49. The lowest BCUT2D eigenvalue weighted by atomic mass is 9.94. The number of hydrogen-bond acceptors (Lipinski definition) is 2. The number of nitrogens with one attached hydrogen (secondary N) is 2. The Morgan fingerprint density at radius 2 is 1.65 bits per heavy atom. The Morgan fingerprint density at radius 1 is 1.10 bits per heavy atom. The molecule has 1 aromatic rings. The lowest BCUT2D eigenvalue weighted by Gasteiger charge is -2.26. The molecule has 0 bridgehead atoms. The van der Waals surface area contributed by atoms with Crippen molar-refractivity contribution in [2.24, 2.45) is 0 Å². The molecule has 0 aliphatic rings. The second-order valence-corrected chi connectivity index (χ2v) is 5.84. The quantitative estimate of drug-likeness (QED) is 0.521. The lowest BCUT2D eigenvalue weighted by molar-refractivity contribution is -0.123. The molecule has 0 saturated carbocycles. The predicted octanol–water partition coefficient (Wildman–Crippen LogP) is 4.49. The number of unbranched alkanes of at least 4 members (excludes halogenated alkanes) is 2. The maximum absolute atomic E-state index is 12.3. The molecule has 0 unspecified atom stereocenters. The first-order valence-electron chi connectivity index (χ1n) is 7.43. The van der Waals surface area contributed by atoms with Crippen LogP contribution in [-0.2, 0) is 4.79 Å². The summed E-state index contributed by atoms with van der Waals surface area (Å²) in [7, 11) is 0. The Labute approximate surface area is 127 Å². The molecule has 0 aliphatic heterocycles. The smallest absolute Gasteiger partial charge is 0.259 e. The van der Waals surface area contributed by atoms with E-state index < -0.39 is 4.87 Å². The van der Waals surface area contributed by atoms with Crippen LogP contribution in [0.3, 0.4) is 0 Å². The van der Waals surface area contributed by atoms with Gasteiger partial charge in [0.15, 0.2) is 0 Å². The van der Waals surface area contributed by atoms with E-state index in [1.54, 1.807) is 0 Å². The first-order valence-corrected chi connectivity index (χ1v) is 7.80. The van der Waals surface area contributed by atoms with Gasteiger partial charge in [0, 0.05) is 0 Å². The first kappa shape index (κ1) is 16.8. The molecule has 0 spiro atoms. The zero-order valence-corrected chi connectivity index (χ0v) is 13.2. The monoisotopic (exact) mass is 296 g/mol. The second-order valence-electron chi connectivity index (χ2n) is 5.12. The van der Waals surface area contributed by atoms with Gasteiger partial charge in [0.1, 0.15) is 4.87 Å². The molecule has 1 rings (SSSR count). The average molecular weight is 297 g/mol. The molecule has 112 valence electrons. The van der Waals surface area contributed by atoms with Crippen molar-refractivity contribution < 1.29 is 4.79 Å². The highest BCUT2D eigenvalue weighted by atomic mass is 35.5. The Balaban J connectivity index is 2.58. The van der Waals surface area contributed by atoms with Crippen LogP contribution in [0.5, 0.6) is 0 Å². The zero-order chi connectivity index (χ0) is 14.8. The van der Waals surface area contributed by atoms with Gasteiger partial charge in [0.05, 0.1) is 5.69 Å². The molecule has 20 heavy (non-hydrogen) atoms. The van der Waals surface area contributed by atoms with E-state index in [4.69, 9.17) is 11.6 Å². The standard InChI is InChI=1S/C16H25ClN2O/c1-3-5-12-16(17,13-6-4-2)15(20)19-18-14-10-8-7-9-11-14/h7-11,18H,3-6,12-13H2,1-2H3,(H,19,20). The van der Waals surface area contributed by atoms with Crippen LogP contribution in [0.15, 0.2) is 30.3 Å². The van der Waals surface area contributed by atoms with Crippen molar-refractivity contribution in [3.8, 4) is 0 Å². The molecular formula is C16H25ClN2O. The third-order valence-electron chi connectivity index (χ3n) is 3.35. The van der Waals surface area contributed by atoms with E-state index in [1.807, 2.05) is 30.3 Å². The van der Waals surface area contributed by atoms with Crippen molar-refractivity contribution >= 4 is 23.2 Å². The van der Waals surface area contributed by atoms with E-state index in [2.05, 4.69) is 24.7 Å². The molecule has 1 aromatic carbocycles. The fraction of sp³-hybridized carbons (Fsp3) is 0.562. The second kappa shape index (κ2) is 8.85. The van der Waals surface area contributed by atoms with Gasteiger partial charge in [-0.15, -0.1) is 11.6 Å². The summed E-state index contributed by atoms with van der Waals surface area (Å²) in [4.78, 5) is 11.5. The molecule has 4 heteroatoms. The minimum Gasteiger partial charge on any atom is -0.299 e. The third kappa shape index (κ3) is 5.41. The van der Waals surface area contributed by atoms with E-state index >= 15 is 0 Å². The van der Waals surface area contributed by atoms with Crippen molar-refractivity contribution in [2.45, 2.75) is 57.2 Å². The maximum Gasteiger partial charge on any atom is 0.259 e. The highest BCUT2D eigenvalue weighted by Gasteiger charge is 2.34. The fourth-order valence-electron chi connectivity index (χ4n) is 2.03. The Bertz CT molecular complexity index is 387. The molecule has 3 nitrogen and oxygen atoms in total. The Hall–Kier alpha value is -1.22. The predicted molar refractivity (Wildman–Crippen MR) is 85.8 cm³/mol. The minimum atomic E-state index is -0.798. The summed E-state index contributed by atoms with van der Waals surface area (Å²) in [6, 6.07) is 9.55. The lowest BCUT2D eigenvalue weighted by Crippen LogP contribution is -2.45. The number of halogens is 1. The Morgan fingerprint density at radius 3 is 2.15 bits per heavy atom. The summed E-state index contributed by atoms with van der Waals surface area (Å²) in [6.45, 7) is 4.22. The van der Waals surface area contributed by atoms with Crippen LogP contribution >= 0.6 is 11.6 Å². The van der Waals surface area contributed by atoms with Gasteiger partial charge in [-0.2, -0.15) is 0 Å². The molecule has 0 aromatic heterocycles. The molecule has 0 fully saturated rings. The van der Waals surface area contributed by atoms with E-state index in [-0.39, 0.29) is 5.91 Å². The molecule has 0 aliphatic carbocycles. The van der Waals surface area contributed by atoms with Crippen LogP contribution in [0, 0.1) is 0 Å². The molecular weight excluding hydrogens is 272 g/mol. The third-order valence-corrected chi connectivity index (χ3v) is 3.90. The zero-order valence-electron chi connectivity index (χ0n) is 12.4. The number of benzene rings is 1. The Kier molecular flexibility index (Phi) is 7.45. The number of hydrogen-bond donors (Lipinski definition) is 2. The normalized spacial score (nSPS) is 11.2. The number of carbonyl (C=O) groups is 1. The summed E-state index contributed by atoms with van der Waals surface area (Å²) in [5.41, 5.74) is 6.51. The van der Waals surface area contributed by atoms with Crippen LogP contribution < -0.4 is 10.9 Å². The van der Waals surface area contributed by atoms with Crippen molar-refractivity contribution in [1.82, 2.24) is 5.43 Å². The minimum absolute atomic E-state index is 0.134. The summed E-state index contributed by atoms with van der Waals surface area (Å²) in [5, 5.41) is 0. The van der Waals surface area contributed by atoms with Gasteiger partial charge < -0.3 is 0 Å². The van der Waals surface area contributed by atoms with Crippen LogP contribution in [0.4, 0.5) is 5.69 Å². The number of anilines is 1. The number of alkyl halides is 1. The van der Waals surface area contributed by atoms with Gasteiger partial charge in [-0.05, 0) is 25.0 Å². The first-order chi connectivity index (χ1) is 9.62. The fourth-order valence-corrected chi connectivity index (χ4v) is 2.34. The van der Waals surface area contributed by atoms with E-state index in [9.17, 15) is 4.79 Å². The van der Waals surface area contributed by atoms with E-state index in [1.165, 1.54) is 0 Å². The maximum atomic E-state index is 12.3.